The number of hydrogen-bond donors (Lipinski definition) is 2. The van der Waals surface area contributed by atoms with Crippen molar-refractivity contribution in [2.24, 2.45) is 5.73 Å². The minimum absolute atomic E-state index is 0. The lowest BCUT2D eigenvalue weighted by atomic mass is 10.2. The molecule has 2 rings (SSSR count). The third-order valence-electron chi connectivity index (χ3n) is 3.00. The molecule has 0 radical (unpaired) electrons. The number of nitrogens with one attached hydrogen (secondary N) is 1. The fourth-order valence-electron chi connectivity index (χ4n) is 2.00. The summed E-state index contributed by atoms with van der Waals surface area (Å²) in [7, 11) is 1.59. The maximum Gasteiger partial charge on any atom is 0.253 e. The van der Waals surface area contributed by atoms with Gasteiger partial charge in [0.15, 0.2) is 0 Å². The lowest BCUT2D eigenvalue weighted by molar-refractivity contribution is -0.126. The SMILES string of the molecule is COc1cccc(NC(=O)[C@@H]2CC[C@H](CN)O2)c1.Cl. The zero-order chi connectivity index (χ0) is 13.0. The first kappa shape index (κ1) is 15.8. The van der Waals surface area contributed by atoms with Crippen LogP contribution in [0.1, 0.15) is 12.8 Å². The molecule has 1 heterocycles. The van der Waals surface area contributed by atoms with Crippen molar-refractivity contribution in [3.8, 4) is 5.75 Å². The van der Waals surface area contributed by atoms with Crippen LogP contribution in [0.15, 0.2) is 24.3 Å². The highest BCUT2D eigenvalue weighted by molar-refractivity contribution is 5.94. The van der Waals surface area contributed by atoms with Crippen LogP contribution in [0.4, 0.5) is 5.69 Å². The molecule has 1 amide bonds. The second-order valence-electron chi connectivity index (χ2n) is 4.28. The summed E-state index contributed by atoms with van der Waals surface area (Å²) in [5.74, 6) is 0.583. The van der Waals surface area contributed by atoms with E-state index in [4.69, 9.17) is 15.2 Å². The first-order valence-corrected chi connectivity index (χ1v) is 6.03. The van der Waals surface area contributed by atoms with Gasteiger partial charge in [0.25, 0.3) is 5.91 Å². The molecule has 0 spiro atoms. The van der Waals surface area contributed by atoms with E-state index in [0.717, 1.165) is 12.8 Å². The normalized spacial score (nSPS) is 21.6. The van der Waals surface area contributed by atoms with E-state index in [0.29, 0.717) is 18.0 Å². The summed E-state index contributed by atoms with van der Waals surface area (Å²) in [4.78, 5) is 12.0. The Labute approximate surface area is 118 Å². The number of hydrogen-bond acceptors (Lipinski definition) is 4. The third kappa shape index (κ3) is 4.09. The predicted molar refractivity (Wildman–Crippen MR) is 75.8 cm³/mol. The molecule has 0 aliphatic carbocycles. The molecule has 1 aromatic rings. The molecule has 106 valence electrons. The van der Waals surface area contributed by atoms with Crippen LogP contribution < -0.4 is 15.8 Å². The molecule has 0 aromatic heterocycles. The summed E-state index contributed by atoms with van der Waals surface area (Å²) in [5, 5.41) is 2.82. The summed E-state index contributed by atoms with van der Waals surface area (Å²) in [6.07, 6.45) is 1.17. The summed E-state index contributed by atoms with van der Waals surface area (Å²) in [5.41, 5.74) is 6.22. The van der Waals surface area contributed by atoms with E-state index >= 15 is 0 Å². The van der Waals surface area contributed by atoms with Crippen molar-refractivity contribution < 1.29 is 14.3 Å². The summed E-state index contributed by atoms with van der Waals surface area (Å²) in [6, 6.07) is 7.24. The van der Waals surface area contributed by atoms with Crippen LogP contribution in [0.3, 0.4) is 0 Å². The van der Waals surface area contributed by atoms with E-state index in [1.165, 1.54) is 0 Å². The van der Waals surface area contributed by atoms with Crippen LogP contribution in [-0.2, 0) is 9.53 Å². The molecule has 1 fully saturated rings. The summed E-state index contributed by atoms with van der Waals surface area (Å²) >= 11 is 0. The smallest absolute Gasteiger partial charge is 0.253 e. The Balaban J connectivity index is 0.00000180. The highest BCUT2D eigenvalue weighted by atomic mass is 35.5. The summed E-state index contributed by atoms with van der Waals surface area (Å²) in [6.45, 7) is 0.461. The van der Waals surface area contributed by atoms with Crippen LogP contribution >= 0.6 is 12.4 Å². The van der Waals surface area contributed by atoms with Gasteiger partial charge in [0.05, 0.1) is 13.2 Å². The number of carbonyl (C=O) groups excluding carboxylic acids is 1. The zero-order valence-corrected chi connectivity index (χ0v) is 11.6. The predicted octanol–water partition coefficient (Wildman–Crippen LogP) is 1.56. The Kier molecular flexibility index (Phi) is 6.08. The first-order valence-electron chi connectivity index (χ1n) is 6.03. The number of nitrogens with two attached hydrogens (primary N) is 1. The van der Waals surface area contributed by atoms with Gasteiger partial charge in [-0.15, -0.1) is 12.4 Å². The van der Waals surface area contributed by atoms with Crippen molar-refractivity contribution in [1.82, 2.24) is 0 Å². The number of methoxy groups -OCH3 is 1. The van der Waals surface area contributed by atoms with E-state index in [1.807, 2.05) is 18.2 Å². The molecule has 1 saturated heterocycles. The molecule has 0 bridgehead atoms. The number of benzene rings is 1. The summed E-state index contributed by atoms with van der Waals surface area (Å²) < 4.78 is 10.6. The van der Waals surface area contributed by atoms with Gasteiger partial charge in [0.1, 0.15) is 11.9 Å². The number of carbonyl (C=O) groups is 1. The van der Waals surface area contributed by atoms with E-state index in [9.17, 15) is 4.79 Å². The second kappa shape index (κ2) is 7.33. The van der Waals surface area contributed by atoms with Gasteiger partial charge in [0, 0.05) is 18.3 Å². The van der Waals surface area contributed by atoms with E-state index in [2.05, 4.69) is 5.32 Å². The number of rotatable bonds is 4. The fourth-order valence-corrected chi connectivity index (χ4v) is 2.00. The Bertz CT molecular complexity index is 428. The molecule has 2 atom stereocenters. The van der Waals surface area contributed by atoms with E-state index < -0.39 is 6.10 Å². The molecule has 1 aliphatic rings. The lowest BCUT2D eigenvalue weighted by Crippen LogP contribution is -2.29. The van der Waals surface area contributed by atoms with E-state index in [-0.39, 0.29) is 24.4 Å². The Morgan fingerprint density at radius 2 is 2.32 bits per heavy atom. The standard InChI is InChI=1S/C13H18N2O3.ClH/c1-17-10-4-2-3-9(7-10)15-13(16)12-6-5-11(8-14)18-12;/h2-4,7,11-12H,5-6,8,14H2,1H3,(H,15,16);1H/t11-,12+;/m1./s1. The number of halogens is 1. The van der Waals surface area contributed by atoms with Gasteiger partial charge < -0.3 is 20.5 Å². The monoisotopic (exact) mass is 286 g/mol. The van der Waals surface area contributed by atoms with Crippen LogP contribution in [0, 0.1) is 0 Å². The number of ether oxygens (including phenoxy) is 2. The maximum atomic E-state index is 12.0. The van der Waals surface area contributed by atoms with Crippen LogP contribution in [0.2, 0.25) is 0 Å². The fraction of sp³-hybridized carbons (Fsp3) is 0.462. The van der Waals surface area contributed by atoms with Crippen molar-refractivity contribution in [3.05, 3.63) is 24.3 Å². The van der Waals surface area contributed by atoms with Gasteiger partial charge in [-0.3, -0.25) is 4.79 Å². The average Bonchev–Trinajstić information content (AvgIpc) is 2.88. The van der Waals surface area contributed by atoms with Crippen molar-refractivity contribution in [2.75, 3.05) is 19.0 Å². The topological polar surface area (TPSA) is 73.6 Å². The van der Waals surface area contributed by atoms with Crippen LogP contribution in [0.5, 0.6) is 5.75 Å². The van der Waals surface area contributed by atoms with Gasteiger partial charge in [0.2, 0.25) is 0 Å². The lowest BCUT2D eigenvalue weighted by Gasteiger charge is -2.13. The molecule has 6 heteroatoms. The van der Waals surface area contributed by atoms with Crippen molar-refractivity contribution in [2.45, 2.75) is 25.0 Å². The van der Waals surface area contributed by atoms with Gasteiger partial charge in [-0.25, -0.2) is 0 Å². The largest absolute Gasteiger partial charge is 0.497 e. The Morgan fingerprint density at radius 1 is 1.53 bits per heavy atom. The molecule has 1 aliphatic heterocycles. The van der Waals surface area contributed by atoms with Crippen LogP contribution in [-0.4, -0.2) is 31.8 Å². The molecule has 1 aromatic carbocycles. The zero-order valence-electron chi connectivity index (χ0n) is 10.8. The van der Waals surface area contributed by atoms with Crippen LogP contribution in [0.25, 0.3) is 0 Å². The number of anilines is 1. The quantitative estimate of drug-likeness (QED) is 0.881. The van der Waals surface area contributed by atoms with Gasteiger partial charge in [-0.05, 0) is 25.0 Å². The third-order valence-corrected chi connectivity index (χ3v) is 3.00. The van der Waals surface area contributed by atoms with Gasteiger partial charge in [-0.2, -0.15) is 0 Å². The minimum atomic E-state index is -0.398. The molecule has 19 heavy (non-hydrogen) atoms. The second-order valence-corrected chi connectivity index (χ2v) is 4.28. The Morgan fingerprint density at radius 3 is 2.95 bits per heavy atom. The molecule has 5 nitrogen and oxygen atoms in total. The van der Waals surface area contributed by atoms with Gasteiger partial charge >= 0.3 is 0 Å². The molecular formula is C13H19ClN2O3. The average molecular weight is 287 g/mol. The van der Waals surface area contributed by atoms with Crippen molar-refractivity contribution in [3.63, 3.8) is 0 Å². The molecule has 0 saturated carbocycles. The molecule has 3 N–H and O–H groups in total. The molecular weight excluding hydrogens is 268 g/mol. The number of amides is 1. The van der Waals surface area contributed by atoms with Gasteiger partial charge in [-0.1, -0.05) is 6.07 Å². The van der Waals surface area contributed by atoms with Crippen molar-refractivity contribution in [1.29, 1.82) is 0 Å². The minimum Gasteiger partial charge on any atom is -0.497 e. The Hall–Kier alpha value is -1.30. The maximum absolute atomic E-state index is 12.0. The molecule has 0 unspecified atom stereocenters. The highest BCUT2D eigenvalue weighted by Crippen LogP contribution is 2.22. The van der Waals surface area contributed by atoms with Crippen molar-refractivity contribution >= 4 is 24.0 Å². The highest BCUT2D eigenvalue weighted by Gasteiger charge is 2.29. The van der Waals surface area contributed by atoms with E-state index in [1.54, 1.807) is 13.2 Å². The first-order chi connectivity index (χ1) is 8.72.